The lowest BCUT2D eigenvalue weighted by molar-refractivity contribution is -0.133. The van der Waals surface area contributed by atoms with Crippen molar-refractivity contribution in [2.24, 2.45) is 0 Å². The van der Waals surface area contributed by atoms with Gasteiger partial charge in [-0.2, -0.15) is 13.2 Å². The van der Waals surface area contributed by atoms with Crippen molar-refractivity contribution in [3.05, 3.63) is 40.3 Å². The maximum atomic E-state index is 14.7. The number of ether oxygens (including phenoxy) is 1. The van der Waals surface area contributed by atoms with Crippen LogP contribution in [0.1, 0.15) is 17.3 Å². The summed E-state index contributed by atoms with van der Waals surface area (Å²) in [5.41, 5.74) is 2.20. The van der Waals surface area contributed by atoms with Crippen LogP contribution in [0.4, 0.5) is 28.0 Å². The fourth-order valence-electron chi connectivity index (χ4n) is 3.09. The third kappa shape index (κ3) is 6.22. The first-order valence-electron chi connectivity index (χ1n) is 9.43. The van der Waals surface area contributed by atoms with Crippen LogP contribution in [0.2, 0.25) is 5.02 Å². The number of carbonyl (C=O) groups is 2. The third-order valence-corrected chi connectivity index (χ3v) is 5.12. The molecule has 0 spiro atoms. The van der Waals surface area contributed by atoms with Crippen LogP contribution < -0.4 is 15.8 Å². The van der Waals surface area contributed by atoms with Gasteiger partial charge in [0.2, 0.25) is 6.35 Å². The van der Waals surface area contributed by atoms with Gasteiger partial charge in [0.25, 0.3) is 11.1 Å². The highest BCUT2D eigenvalue weighted by Crippen LogP contribution is 2.37. The van der Waals surface area contributed by atoms with E-state index in [0.717, 1.165) is 18.2 Å². The number of hydrogen-bond donors (Lipinski definition) is 5. The number of benzene rings is 1. The van der Waals surface area contributed by atoms with Crippen LogP contribution in [-0.2, 0) is 4.74 Å². The Kier molecular flexibility index (Phi) is 9.01. The van der Waals surface area contributed by atoms with Crippen LogP contribution in [0.3, 0.4) is 0 Å². The minimum atomic E-state index is -4.90. The molecule has 0 fully saturated rings. The van der Waals surface area contributed by atoms with Crippen LogP contribution in [0.25, 0.3) is 0 Å². The maximum absolute atomic E-state index is 14.7. The molecule has 0 saturated carbocycles. The molecule has 1 aromatic rings. The van der Waals surface area contributed by atoms with Crippen molar-refractivity contribution in [2.45, 2.75) is 31.7 Å². The first-order valence-corrected chi connectivity index (χ1v) is 10.3. The van der Waals surface area contributed by atoms with E-state index in [9.17, 15) is 37.4 Å². The molecule has 2 rings (SSSR count). The molecule has 0 aliphatic carbocycles. The number of methoxy groups -OCH3 is 1. The number of hydrogen-bond acceptors (Lipinski definition) is 8. The minimum Gasteiger partial charge on any atom is -0.383 e. The highest BCUT2D eigenvalue weighted by Gasteiger charge is 2.45. The quantitative estimate of drug-likeness (QED) is 0.205. The van der Waals surface area contributed by atoms with Gasteiger partial charge in [-0.15, -0.1) is 5.12 Å². The monoisotopic (exact) mass is 531 g/mol. The second-order valence-corrected chi connectivity index (χ2v) is 7.96. The van der Waals surface area contributed by atoms with Crippen LogP contribution in [-0.4, -0.2) is 76.9 Å². The number of rotatable bonds is 7. The second kappa shape index (κ2) is 11.0. The maximum Gasteiger partial charge on any atom is 0.431 e. The number of alkyl halides is 3. The van der Waals surface area contributed by atoms with E-state index in [1.807, 2.05) is 0 Å². The number of anilines is 1. The standard InChI is InChI=1S/C18H22ClF4N5O5S/c1-8(7-33-3)28(25-16(31)34)24-15(30)9-4-12(11(20)5-10(9)19)27-14(29)6-13(18(21,22)23)26(2)17(27)32/h4-6,8,14,17,29,32H,7H2,1-3H3,(H,24,30)(H2,25,31,34). The number of carbonyl (C=O) groups excluding carboxylic acids is 2. The van der Waals surface area contributed by atoms with Crippen molar-refractivity contribution in [3.63, 3.8) is 0 Å². The Morgan fingerprint density at radius 2 is 1.94 bits per heavy atom. The van der Waals surface area contributed by atoms with Gasteiger partial charge in [-0.1, -0.05) is 24.2 Å². The molecule has 0 aromatic heterocycles. The Bertz CT molecular complexity index is 969. The number of nitrogens with zero attached hydrogens (tertiary/aromatic N) is 3. The average Bonchev–Trinajstić information content (AvgIpc) is 2.70. The molecule has 1 aliphatic rings. The van der Waals surface area contributed by atoms with Gasteiger partial charge in [-0.3, -0.25) is 25.3 Å². The van der Waals surface area contributed by atoms with Gasteiger partial charge in [0, 0.05) is 14.2 Å². The van der Waals surface area contributed by atoms with Gasteiger partial charge >= 0.3 is 6.18 Å². The molecule has 3 atom stereocenters. The van der Waals surface area contributed by atoms with Crippen molar-refractivity contribution in [1.82, 2.24) is 20.9 Å². The van der Waals surface area contributed by atoms with E-state index in [1.54, 1.807) is 6.92 Å². The van der Waals surface area contributed by atoms with Crippen LogP contribution >= 0.6 is 24.2 Å². The van der Waals surface area contributed by atoms with E-state index in [-0.39, 0.29) is 12.2 Å². The summed E-state index contributed by atoms with van der Waals surface area (Å²) in [6.07, 6.45) is -8.77. The Labute approximate surface area is 202 Å². The molecule has 34 heavy (non-hydrogen) atoms. The lowest BCUT2D eigenvalue weighted by Crippen LogP contribution is -2.57. The number of thiol groups is 1. The molecule has 1 heterocycles. The number of nitrogens with one attached hydrogen (secondary N) is 2. The molecule has 10 nitrogen and oxygen atoms in total. The Morgan fingerprint density at radius 1 is 1.32 bits per heavy atom. The van der Waals surface area contributed by atoms with Crippen molar-refractivity contribution in [3.8, 4) is 0 Å². The number of allylic oxidation sites excluding steroid dienone is 1. The summed E-state index contributed by atoms with van der Waals surface area (Å²) < 4.78 is 59.1. The van der Waals surface area contributed by atoms with Crippen LogP contribution in [0.5, 0.6) is 0 Å². The lowest BCUT2D eigenvalue weighted by Gasteiger charge is -2.43. The fraction of sp³-hybridized carbons (Fsp3) is 0.444. The summed E-state index contributed by atoms with van der Waals surface area (Å²) in [6, 6.07) is 0.921. The molecule has 0 radical (unpaired) electrons. The van der Waals surface area contributed by atoms with Gasteiger partial charge in [0.1, 0.15) is 11.5 Å². The fourth-order valence-corrected chi connectivity index (χ4v) is 3.44. The number of amides is 2. The Morgan fingerprint density at radius 3 is 2.47 bits per heavy atom. The number of aliphatic hydroxyl groups excluding tert-OH is 2. The summed E-state index contributed by atoms with van der Waals surface area (Å²) in [5.74, 6) is -2.10. The zero-order valence-electron chi connectivity index (χ0n) is 18.0. The van der Waals surface area contributed by atoms with Gasteiger partial charge in [-0.25, -0.2) is 4.39 Å². The average molecular weight is 532 g/mol. The number of aliphatic hydroxyl groups is 2. The molecule has 4 N–H and O–H groups in total. The van der Waals surface area contributed by atoms with Crippen molar-refractivity contribution >= 4 is 41.1 Å². The molecule has 0 bridgehead atoms. The molecule has 1 aromatic carbocycles. The summed E-state index contributed by atoms with van der Waals surface area (Å²) in [4.78, 5) is 25.1. The topological polar surface area (TPSA) is 118 Å². The smallest absolute Gasteiger partial charge is 0.383 e. The molecule has 2 amide bonds. The van der Waals surface area contributed by atoms with Crippen molar-refractivity contribution in [1.29, 1.82) is 0 Å². The highest BCUT2D eigenvalue weighted by atomic mass is 35.5. The first kappa shape index (κ1) is 27.9. The van der Waals surface area contributed by atoms with Crippen LogP contribution in [0.15, 0.2) is 23.9 Å². The molecule has 16 heteroatoms. The second-order valence-electron chi connectivity index (χ2n) is 7.14. The van der Waals surface area contributed by atoms with Crippen LogP contribution in [0, 0.1) is 5.82 Å². The van der Waals surface area contributed by atoms with E-state index in [0.29, 0.717) is 21.9 Å². The SMILES string of the molecule is COCC(C)N(NC(=O)S)NC(=O)c1cc(N2C(O)C=C(C(F)(F)F)N(C)C2O)c(F)cc1Cl. The Balaban J connectivity index is 2.44. The summed E-state index contributed by atoms with van der Waals surface area (Å²) in [5, 5.41) is 20.3. The van der Waals surface area contributed by atoms with Crippen molar-refractivity contribution in [2.75, 3.05) is 25.7 Å². The third-order valence-electron chi connectivity index (χ3n) is 4.70. The molecule has 1 aliphatic heterocycles. The van der Waals surface area contributed by atoms with E-state index >= 15 is 0 Å². The normalized spacial score (nSPS) is 19.7. The van der Waals surface area contributed by atoms with E-state index < -0.39 is 58.2 Å². The molecular weight excluding hydrogens is 510 g/mol. The largest absolute Gasteiger partial charge is 0.431 e. The van der Waals surface area contributed by atoms with Gasteiger partial charge < -0.3 is 19.8 Å². The number of halogens is 5. The summed E-state index contributed by atoms with van der Waals surface area (Å²) in [7, 11) is 2.27. The number of hydrazine groups is 2. The zero-order chi connectivity index (χ0) is 26.0. The summed E-state index contributed by atoms with van der Waals surface area (Å²) in [6.45, 7) is 1.63. The van der Waals surface area contributed by atoms with E-state index in [2.05, 4.69) is 23.5 Å². The zero-order valence-corrected chi connectivity index (χ0v) is 19.6. The predicted molar refractivity (Wildman–Crippen MR) is 116 cm³/mol. The lowest BCUT2D eigenvalue weighted by atomic mass is 10.1. The van der Waals surface area contributed by atoms with Gasteiger partial charge in [0.15, 0.2) is 6.23 Å². The first-order chi connectivity index (χ1) is 15.7. The van der Waals surface area contributed by atoms with Gasteiger partial charge in [-0.05, 0) is 25.1 Å². The molecule has 3 unspecified atom stereocenters. The molecule has 0 saturated heterocycles. The summed E-state index contributed by atoms with van der Waals surface area (Å²) >= 11 is 9.56. The van der Waals surface area contributed by atoms with Gasteiger partial charge in [0.05, 0.1) is 28.9 Å². The minimum absolute atomic E-state index is 0.0586. The van der Waals surface area contributed by atoms with Crippen molar-refractivity contribution < 1.29 is 42.1 Å². The molecule has 190 valence electrons. The highest BCUT2D eigenvalue weighted by molar-refractivity contribution is 7.96. The predicted octanol–water partition coefficient (Wildman–Crippen LogP) is 1.81. The Hall–Kier alpha value is -2.30. The van der Waals surface area contributed by atoms with E-state index in [4.69, 9.17) is 16.3 Å². The van der Waals surface area contributed by atoms with E-state index in [1.165, 1.54) is 7.11 Å². The molecular formula is C18H22ClF4N5O5S.